The fourth-order valence-electron chi connectivity index (χ4n) is 6.12. The topological polar surface area (TPSA) is 134 Å². The fraction of sp³-hybridized carbons (Fsp3) is 0.343. The second-order valence-electron chi connectivity index (χ2n) is 12.2. The molecular weight excluding hydrogens is 690 g/mol. The molecule has 4 heterocycles. The highest BCUT2D eigenvalue weighted by Gasteiger charge is 2.24. The summed E-state index contributed by atoms with van der Waals surface area (Å²) in [5, 5.41) is 13.4. The van der Waals surface area contributed by atoms with Gasteiger partial charge in [-0.05, 0) is 43.5 Å². The molecule has 2 aliphatic heterocycles. The number of hydrogen-bond acceptors (Lipinski definition) is 9. The molecule has 1 atom stereocenters. The molecule has 1 amide bonds. The molecule has 4 aromatic rings. The summed E-state index contributed by atoms with van der Waals surface area (Å²) in [6.07, 6.45) is 5.56. The number of methoxy groups -OCH3 is 1. The quantitative estimate of drug-likeness (QED) is 0.138. The number of benzene rings is 2. The van der Waals surface area contributed by atoms with Gasteiger partial charge in [-0.3, -0.25) is 9.78 Å². The van der Waals surface area contributed by atoms with Crippen LogP contribution in [0.25, 0.3) is 22.4 Å². The number of sulfone groups is 1. The van der Waals surface area contributed by atoms with Crippen LogP contribution in [0.15, 0.2) is 60.9 Å². The summed E-state index contributed by atoms with van der Waals surface area (Å²) in [6.45, 7) is 1.47. The van der Waals surface area contributed by atoms with Crippen LogP contribution in [0.5, 0.6) is 5.75 Å². The predicted octanol–water partition coefficient (Wildman–Crippen LogP) is 6.04. The Kier molecular flexibility index (Phi) is 11.0. The van der Waals surface area contributed by atoms with Crippen molar-refractivity contribution >= 4 is 50.5 Å². The molecule has 2 aromatic heterocycles. The zero-order valence-corrected chi connectivity index (χ0v) is 29.2. The number of nitrogens with zero attached hydrogens (tertiary/aromatic N) is 2. The number of ether oxygens (including phenoxy) is 1. The summed E-state index contributed by atoms with van der Waals surface area (Å²) in [6, 6.07) is 14.6. The van der Waals surface area contributed by atoms with Crippen LogP contribution in [0.4, 0.5) is 15.9 Å². The molecule has 0 aliphatic carbocycles. The van der Waals surface area contributed by atoms with E-state index in [1.165, 1.54) is 6.20 Å². The van der Waals surface area contributed by atoms with Crippen molar-refractivity contribution in [1.82, 2.24) is 25.9 Å². The molecule has 6 rings (SSSR count). The lowest BCUT2D eigenvalue weighted by Gasteiger charge is -2.23. The van der Waals surface area contributed by atoms with Crippen LogP contribution in [-0.2, 0) is 27.7 Å². The summed E-state index contributed by atoms with van der Waals surface area (Å²) in [5.41, 5.74) is 4.37. The molecule has 14 heteroatoms. The van der Waals surface area contributed by atoms with E-state index in [4.69, 9.17) is 27.9 Å². The van der Waals surface area contributed by atoms with E-state index in [9.17, 15) is 13.2 Å². The van der Waals surface area contributed by atoms with Crippen LogP contribution in [-0.4, -0.2) is 61.5 Å². The SMILES string of the molecule is COc1cc(-c2nccc(-c3cccc(Nc4nccc(CNC5CCS(=O)(=O)CC5)c4F)c3Cl)c2Cl)ccc1CNC[C@@H]1CCC(=O)N1. The zero-order valence-electron chi connectivity index (χ0n) is 26.9. The molecule has 10 nitrogen and oxygen atoms in total. The smallest absolute Gasteiger partial charge is 0.220 e. The Labute approximate surface area is 295 Å². The lowest BCUT2D eigenvalue weighted by molar-refractivity contribution is -0.119. The van der Waals surface area contributed by atoms with Crippen LogP contribution < -0.4 is 26.0 Å². The van der Waals surface area contributed by atoms with Crippen molar-refractivity contribution in [3.63, 3.8) is 0 Å². The zero-order chi connectivity index (χ0) is 34.5. The summed E-state index contributed by atoms with van der Waals surface area (Å²) >= 11 is 13.9. The van der Waals surface area contributed by atoms with Gasteiger partial charge in [0.25, 0.3) is 0 Å². The minimum atomic E-state index is -2.98. The van der Waals surface area contributed by atoms with Gasteiger partial charge in [-0.25, -0.2) is 17.8 Å². The predicted molar refractivity (Wildman–Crippen MR) is 191 cm³/mol. The molecule has 2 fully saturated rings. The van der Waals surface area contributed by atoms with E-state index in [0.717, 1.165) is 17.5 Å². The molecular formula is C35H37Cl2FN6O4S. The summed E-state index contributed by atoms with van der Waals surface area (Å²) < 4.78 is 44.8. The highest BCUT2D eigenvalue weighted by Crippen LogP contribution is 2.42. The molecule has 49 heavy (non-hydrogen) atoms. The first kappa shape index (κ1) is 35.0. The Morgan fingerprint density at radius 2 is 1.73 bits per heavy atom. The van der Waals surface area contributed by atoms with E-state index in [-0.39, 0.29) is 41.9 Å². The van der Waals surface area contributed by atoms with Gasteiger partial charge in [-0.15, -0.1) is 0 Å². The maximum absolute atomic E-state index is 15.6. The first-order valence-corrected chi connectivity index (χ1v) is 18.6. The van der Waals surface area contributed by atoms with Crippen molar-refractivity contribution in [2.24, 2.45) is 0 Å². The Morgan fingerprint density at radius 3 is 2.49 bits per heavy atom. The molecule has 2 saturated heterocycles. The maximum Gasteiger partial charge on any atom is 0.220 e. The standard InChI is InChI=1S/C35H37Cl2FN6O4S/c1-48-29-17-21(5-6-22(29)18-39-20-25-7-8-30(45)43-25)34-32(37)27(10-14-40-34)26-3-2-4-28(31(26)36)44-35-33(38)23(9-13-41-35)19-42-24-11-15-49(46,47)16-12-24/h2-6,9-10,13-14,17,24-25,39,42H,7-8,11-12,15-16,18-20H2,1H3,(H,41,44)(H,43,45)/t25-/m0/s1. The molecule has 2 aromatic carbocycles. The van der Waals surface area contributed by atoms with Gasteiger partial charge in [-0.2, -0.15) is 0 Å². The number of amides is 1. The van der Waals surface area contributed by atoms with Gasteiger partial charge in [0, 0.05) is 78.3 Å². The molecule has 0 bridgehead atoms. The molecule has 0 saturated carbocycles. The van der Waals surface area contributed by atoms with Crippen molar-refractivity contribution in [3.8, 4) is 28.1 Å². The van der Waals surface area contributed by atoms with Crippen molar-refractivity contribution < 1.29 is 22.3 Å². The fourth-order valence-corrected chi connectivity index (χ4v) is 8.21. The number of halogens is 3. The lowest BCUT2D eigenvalue weighted by atomic mass is 10.0. The van der Waals surface area contributed by atoms with Crippen LogP contribution in [0.3, 0.4) is 0 Å². The highest BCUT2D eigenvalue weighted by molar-refractivity contribution is 7.91. The minimum absolute atomic E-state index is 0.00253. The molecule has 2 aliphatic rings. The van der Waals surface area contributed by atoms with Crippen LogP contribution in [0.2, 0.25) is 10.0 Å². The van der Waals surface area contributed by atoms with E-state index in [1.54, 1.807) is 37.6 Å². The third-order valence-corrected chi connectivity index (χ3v) is 11.4. The molecule has 0 spiro atoms. The average molecular weight is 728 g/mol. The normalized spacial score (nSPS) is 17.6. The average Bonchev–Trinajstić information content (AvgIpc) is 3.51. The molecule has 0 radical (unpaired) electrons. The molecule has 258 valence electrons. The number of aromatic nitrogens is 2. The van der Waals surface area contributed by atoms with Gasteiger partial charge >= 0.3 is 0 Å². The van der Waals surface area contributed by atoms with Crippen LogP contribution >= 0.6 is 23.2 Å². The largest absolute Gasteiger partial charge is 0.496 e. The van der Waals surface area contributed by atoms with Gasteiger partial charge < -0.3 is 26.0 Å². The van der Waals surface area contributed by atoms with E-state index < -0.39 is 15.7 Å². The third kappa shape index (κ3) is 8.33. The Hall–Kier alpha value is -3.81. The number of anilines is 2. The molecule has 0 unspecified atom stereocenters. The van der Waals surface area contributed by atoms with Gasteiger partial charge in [-0.1, -0.05) is 47.5 Å². The Balaban J connectivity index is 1.18. The number of carbonyl (C=O) groups excluding carboxylic acids is 1. The molecule has 4 N–H and O–H groups in total. The third-order valence-electron chi connectivity index (χ3n) is 8.89. The van der Waals surface area contributed by atoms with Crippen molar-refractivity contribution in [2.45, 2.75) is 50.9 Å². The Bertz CT molecular complexity index is 1950. The van der Waals surface area contributed by atoms with Crippen molar-refractivity contribution in [1.29, 1.82) is 0 Å². The van der Waals surface area contributed by atoms with E-state index in [2.05, 4.69) is 31.2 Å². The first-order chi connectivity index (χ1) is 23.6. The van der Waals surface area contributed by atoms with E-state index >= 15 is 4.39 Å². The summed E-state index contributed by atoms with van der Waals surface area (Å²) in [7, 11) is -1.37. The van der Waals surface area contributed by atoms with Gasteiger partial charge in [0.15, 0.2) is 11.6 Å². The van der Waals surface area contributed by atoms with Crippen LogP contribution in [0, 0.1) is 5.82 Å². The van der Waals surface area contributed by atoms with E-state index in [1.807, 2.05) is 24.3 Å². The van der Waals surface area contributed by atoms with Crippen molar-refractivity contribution in [2.75, 3.05) is 30.5 Å². The van der Waals surface area contributed by atoms with Gasteiger partial charge in [0.2, 0.25) is 5.91 Å². The Morgan fingerprint density at radius 1 is 0.959 bits per heavy atom. The maximum atomic E-state index is 15.6. The monoisotopic (exact) mass is 726 g/mol. The van der Waals surface area contributed by atoms with Gasteiger partial charge in [0.1, 0.15) is 15.6 Å². The minimum Gasteiger partial charge on any atom is -0.496 e. The van der Waals surface area contributed by atoms with E-state index in [0.29, 0.717) is 76.2 Å². The number of rotatable bonds is 12. The second-order valence-corrected chi connectivity index (χ2v) is 15.3. The second kappa shape index (κ2) is 15.4. The summed E-state index contributed by atoms with van der Waals surface area (Å²) in [5.74, 6) is 0.519. The van der Waals surface area contributed by atoms with Crippen molar-refractivity contribution in [3.05, 3.63) is 87.9 Å². The number of carbonyl (C=O) groups is 1. The lowest BCUT2D eigenvalue weighted by Crippen LogP contribution is -2.37. The highest BCUT2D eigenvalue weighted by atomic mass is 35.5. The number of nitrogens with one attached hydrogen (secondary N) is 4. The van der Waals surface area contributed by atoms with Crippen LogP contribution in [0.1, 0.15) is 36.8 Å². The number of pyridine rings is 2. The van der Waals surface area contributed by atoms with Gasteiger partial charge in [0.05, 0.1) is 40.0 Å². The summed E-state index contributed by atoms with van der Waals surface area (Å²) in [4.78, 5) is 20.3. The first-order valence-electron chi connectivity index (χ1n) is 16.1. The number of hydrogen-bond donors (Lipinski definition) is 4.